The third-order valence-corrected chi connectivity index (χ3v) is 10.8. The first-order chi connectivity index (χ1) is 26.4. The van der Waals surface area contributed by atoms with E-state index in [9.17, 15) is 19.0 Å². The average molecular weight is 831 g/mol. The van der Waals surface area contributed by atoms with Crippen molar-refractivity contribution in [3.05, 3.63) is 0 Å². The van der Waals surface area contributed by atoms with Gasteiger partial charge >= 0.3 is 41.5 Å². The minimum absolute atomic E-state index is 0. The van der Waals surface area contributed by atoms with Crippen LogP contribution in [0.4, 0.5) is 0 Å². The number of ether oxygens (including phenoxy) is 3. The van der Waals surface area contributed by atoms with Gasteiger partial charge in [0.05, 0.1) is 27.7 Å². The Morgan fingerprint density at radius 1 is 0.607 bits per heavy atom. The maximum Gasteiger partial charge on any atom is 1.00 e. The average Bonchev–Trinajstić information content (AvgIpc) is 3.59. The number of rotatable bonds is 39. The molecule has 0 aromatic heterocycles. The molecule has 0 aliphatic carbocycles. The first kappa shape index (κ1) is 55.9. The molecule has 1 fully saturated rings. The molecule has 326 valence electrons. The SMILES string of the molecule is CCCCCCCCCCCCCCCC(=O)OCC(COP(=O)([O-])OCC[N+](C)(C)C)OC(=O)CCCCCCCC1OOC(CCCCCCCC)O1.[Na+]. The van der Waals surface area contributed by atoms with E-state index in [1.807, 2.05) is 21.1 Å². The van der Waals surface area contributed by atoms with Gasteiger partial charge in [-0.25, -0.2) is 9.78 Å². The number of nitrogens with zero attached hydrogens (tertiary/aromatic N) is 1. The number of carbonyl (C=O) groups excluding carboxylic acids is 2. The fourth-order valence-electron chi connectivity index (χ4n) is 6.32. The molecule has 0 bridgehead atoms. The number of hydrogen-bond acceptors (Lipinski definition) is 11. The van der Waals surface area contributed by atoms with Crippen LogP contribution in [0.5, 0.6) is 0 Å². The fourth-order valence-corrected chi connectivity index (χ4v) is 7.05. The third kappa shape index (κ3) is 35.8. The van der Waals surface area contributed by atoms with E-state index >= 15 is 0 Å². The molecule has 1 aliphatic rings. The van der Waals surface area contributed by atoms with Crippen molar-refractivity contribution in [1.29, 1.82) is 0 Å². The second kappa shape index (κ2) is 36.7. The van der Waals surface area contributed by atoms with Gasteiger partial charge in [-0.2, -0.15) is 0 Å². The molecule has 1 heterocycles. The normalized spacial score (nSPS) is 17.3. The quantitative estimate of drug-likeness (QED) is 0.0155. The van der Waals surface area contributed by atoms with Crippen molar-refractivity contribution in [2.75, 3.05) is 47.5 Å². The van der Waals surface area contributed by atoms with Crippen molar-refractivity contribution >= 4 is 19.8 Å². The van der Waals surface area contributed by atoms with Gasteiger partial charge in [0.15, 0.2) is 18.7 Å². The Labute approximate surface area is 363 Å². The summed E-state index contributed by atoms with van der Waals surface area (Å²) in [6.07, 6.45) is 27.8. The molecule has 0 spiro atoms. The van der Waals surface area contributed by atoms with Crippen LogP contribution >= 0.6 is 7.82 Å². The number of esters is 2. The molecule has 4 unspecified atom stereocenters. The molecular weight excluding hydrogens is 748 g/mol. The summed E-state index contributed by atoms with van der Waals surface area (Å²) in [5.41, 5.74) is 0. The number of unbranched alkanes of at least 4 members (excludes halogenated alkanes) is 21. The largest absolute Gasteiger partial charge is 1.00 e. The summed E-state index contributed by atoms with van der Waals surface area (Å²) in [5.74, 6) is -0.893. The van der Waals surface area contributed by atoms with Gasteiger partial charge in [0, 0.05) is 25.7 Å². The molecule has 0 N–H and O–H groups in total. The summed E-state index contributed by atoms with van der Waals surface area (Å²) >= 11 is 0. The summed E-state index contributed by atoms with van der Waals surface area (Å²) < 4.78 is 39.7. The van der Waals surface area contributed by atoms with Crippen LogP contribution in [-0.4, -0.2) is 82.6 Å². The summed E-state index contributed by atoms with van der Waals surface area (Å²) in [6, 6.07) is 0. The van der Waals surface area contributed by atoms with E-state index in [0.29, 0.717) is 17.4 Å². The van der Waals surface area contributed by atoms with Crippen molar-refractivity contribution in [2.24, 2.45) is 0 Å². The first-order valence-corrected chi connectivity index (χ1v) is 23.6. The Balaban J connectivity index is 0.0000302. The van der Waals surface area contributed by atoms with Crippen LogP contribution in [0.2, 0.25) is 0 Å². The Morgan fingerprint density at radius 2 is 1.02 bits per heavy atom. The summed E-state index contributed by atoms with van der Waals surface area (Å²) in [7, 11) is 1.12. The van der Waals surface area contributed by atoms with Gasteiger partial charge in [0.1, 0.15) is 19.8 Å². The van der Waals surface area contributed by atoms with Crippen LogP contribution in [0, 0.1) is 0 Å². The molecule has 0 saturated carbocycles. The van der Waals surface area contributed by atoms with Gasteiger partial charge in [-0.05, 0) is 25.7 Å². The number of carbonyl (C=O) groups is 2. The van der Waals surface area contributed by atoms with Gasteiger partial charge in [0.25, 0.3) is 7.82 Å². The minimum Gasteiger partial charge on any atom is -0.756 e. The summed E-state index contributed by atoms with van der Waals surface area (Å²) in [6.45, 7) is 4.11. The summed E-state index contributed by atoms with van der Waals surface area (Å²) in [5, 5.41) is 0. The molecular formula is C42H82NNaO11P+. The number of hydrogen-bond donors (Lipinski definition) is 0. The van der Waals surface area contributed by atoms with Gasteiger partial charge in [-0.1, -0.05) is 142 Å². The third-order valence-electron chi connectivity index (χ3n) is 9.83. The van der Waals surface area contributed by atoms with E-state index in [1.54, 1.807) is 0 Å². The fraction of sp³-hybridized carbons (Fsp3) is 0.952. The number of likely N-dealkylation sites (N-methyl/N-ethyl adjacent to an activating group) is 1. The van der Waals surface area contributed by atoms with E-state index in [0.717, 1.165) is 64.2 Å². The topological polar surface area (TPSA) is 139 Å². The maximum atomic E-state index is 12.7. The Bertz CT molecular complexity index is 987. The zero-order valence-electron chi connectivity index (χ0n) is 36.7. The number of phosphoric acid groups is 1. The first-order valence-electron chi connectivity index (χ1n) is 22.2. The predicted octanol–water partition coefficient (Wildman–Crippen LogP) is 7.25. The minimum atomic E-state index is -4.64. The van der Waals surface area contributed by atoms with Gasteiger partial charge in [0.2, 0.25) is 0 Å². The zero-order valence-corrected chi connectivity index (χ0v) is 39.6. The molecule has 0 radical (unpaired) electrons. The van der Waals surface area contributed by atoms with E-state index in [1.165, 1.54) is 96.3 Å². The molecule has 1 saturated heterocycles. The van der Waals surface area contributed by atoms with Crippen LogP contribution in [0.15, 0.2) is 0 Å². The van der Waals surface area contributed by atoms with E-state index < -0.39 is 32.5 Å². The van der Waals surface area contributed by atoms with Crippen molar-refractivity contribution in [3.63, 3.8) is 0 Å². The Hall–Kier alpha value is -0.110. The predicted molar refractivity (Wildman–Crippen MR) is 215 cm³/mol. The molecule has 56 heavy (non-hydrogen) atoms. The Kier molecular flexibility index (Phi) is 36.6. The van der Waals surface area contributed by atoms with Crippen LogP contribution < -0.4 is 34.5 Å². The molecule has 0 aromatic carbocycles. The van der Waals surface area contributed by atoms with Crippen molar-refractivity contribution in [2.45, 2.75) is 212 Å². The molecule has 14 heteroatoms. The second-order valence-electron chi connectivity index (χ2n) is 16.4. The standard InChI is InChI=1S/C42H82NO11P.Na/c1-6-8-10-12-14-15-16-17-18-19-20-22-26-30-39(44)48-36-38(37-50-55(46,47)49-35-34-43(3,4)5)51-40(45)31-27-23-21-25-29-33-42-52-41(53-54-42)32-28-24-13-11-9-7-2;/h38,41-42H,6-37H2,1-5H3;/q;+1. The van der Waals surface area contributed by atoms with Crippen LogP contribution in [0.25, 0.3) is 0 Å². The van der Waals surface area contributed by atoms with Gasteiger partial charge < -0.3 is 32.6 Å². The van der Waals surface area contributed by atoms with Crippen LogP contribution in [0.1, 0.15) is 194 Å². The van der Waals surface area contributed by atoms with E-state index in [-0.39, 0.29) is 68.2 Å². The maximum absolute atomic E-state index is 12.7. The van der Waals surface area contributed by atoms with E-state index in [4.69, 9.17) is 33.0 Å². The molecule has 4 atom stereocenters. The molecule has 0 aromatic rings. The number of phosphoric ester groups is 1. The second-order valence-corrected chi connectivity index (χ2v) is 17.8. The summed E-state index contributed by atoms with van der Waals surface area (Å²) in [4.78, 5) is 48.3. The monoisotopic (exact) mass is 831 g/mol. The van der Waals surface area contributed by atoms with Gasteiger partial charge in [-0.15, -0.1) is 0 Å². The smallest absolute Gasteiger partial charge is 0.756 e. The molecule has 1 aliphatic heterocycles. The van der Waals surface area contributed by atoms with Crippen LogP contribution in [-0.2, 0) is 47.2 Å². The van der Waals surface area contributed by atoms with Crippen molar-refractivity contribution in [3.8, 4) is 0 Å². The Morgan fingerprint density at radius 3 is 1.46 bits per heavy atom. The van der Waals surface area contributed by atoms with Gasteiger partial charge in [-0.3, -0.25) is 14.2 Å². The zero-order chi connectivity index (χ0) is 40.5. The molecule has 12 nitrogen and oxygen atoms in total. The van der Waals surface area contributed by atoms with Crippen LogP contribution in [0.3, 0.4) is 0 Å². The molecule has 1 rings (SSSR count). The van der Waals surface area contributed by atoms with Crippen molar-refractivity contribution < 1.29 is 86.1 Å². The van der Waals surface area contributed by atoms with Crippen molar-refractivity contribution in [1.82, 2.24) is 0 Å². The van der Waals surface area contributed by atoms with E-state index in [2.05, 4.69) is 13.8 Å². The molecule has 0 amide bonds. The number of quaternary nitrogens is 1.